The third-order valence-electron chi connectivity index (χ3n) is 3.16. The first-order valence-corrected chi connectivity index (χ1v) is 6.35. The number of H-pyrrole nitrogens is 1. The molecule has 0 aliphatic heterocycles. The van der Waals surface area contributed by atoms with Crippen LogP contribution in [0.4, 0.5) is 5.69 Å². The van der Waals surface area contributed by atoms with Crippen LogP contribution >= 0.6 is 0 Å². The summed E-state index contributed by atoms with van der Waals surface area (Å²) >= 11 is 0. The molecule has 0 unspecified atom stereocenters. The SMILES string of the molecule is CC(C)c1ncc(-c2nc3ccccc3[nH]2)cc1N. The largest absolute Gasteiger partial charge is 0.397 e. The smallest absolute Gasteiger partial charge is 0.140 e. The Morgan fingerprint density at radius 3 is 2.68 bits per heavy atom. The Labute approximate surface area is 111 Å². The van der Waals surface area contributed by atoms with Gasteiger partial charge in [0.1, 0.15) is 5.82 Å². The van der Waals surface area contributed by atoms with Crippen molar-refractivity contribution >= 4 is 16.7 Å². The lowest BCUT2D eigenvalue weighted by atomic mass is 10.1. The highest BCUT2D eigenvalue weighted by Crippen LogP contribution is 2.25. The minimum Gasteiger partial charge on any atom is -0.397 e. The van der Waals surface area contributed by atoms with Crippen molar-refractivity contribution in [3.63, 3.8) is 0 Å². The molecule has 96 valence electrons. The number of benzene rings is 1. The predicted molar refractivity (Wildman–Crippen MR) is 77.8 cm³/mol. The van der Waals surface area contributed by atoms with Gasteiger partial charge >= 0.3 is 0 Å². The number of nitrogen functional groups attached to an aromatic ring is 1. The van der Waals surface area contributed by atoms with E-state index in [0.717, 1.165) is 28.1 Å². The molecule has 0 aliphatic carbocycles. The highest BCUT2D eigenvalue weighted by Gasteiger charge is 2.10. The van der Waals surface area contributed by atoms with Crippen LogP contribution in [0, 0.1) is 0 Å². The normalized spacial score (nSPS) is 11.3. The highest BCUT2D eigenvalue weighted by atomic mass is 14.9. The van der Waals surface area contributed by atoms with Gasteiger partial charge in [0, 0.05) is 11.8 Å². The minimum atomic E-state index is 0.324. The number of nitrogens with zero attached hydrogens (tertiary/aromatic N) is 2. The Bertz CT molecular complexity index is 695. The van der Waals surface area contributed by atoms with Gasteiger partial charge in [0.2, 0.25) is 0 Å². The zero-order chi connectivity index (χ0) is 13.4. The lowest BCUT2D eigenvalue weighted by molar-refractivity contribution is 0.827. The number of hydrogen-bond donors (Lipinski definition) is 2. The zero-order valence-electron chi connectivity index (χ0n) is 11.0. The molecule has 0 saturated carbocycles. The van der Waals surface area contributed by atoms with E-state index >= 15 is 0 Å². The number of fused-ring (bicyclic) bond motifs is 1. The molecule has 0 spiro atoms. The average molecular weight is 252 g/mol. The van der Waals surface area contributed by atoms with Gasteiger partial charge in [0.15, 0.2) is 0 Å². The van der Waals surface area contributed by atoms with Crippen LogP contribution in [-0.4, -0.2) is 15.0 Å². The Hall–Kier alpha value is -2.36. The zero-order valence-corrected chi connectivity index (χ0v) is 11.0. The lowest BCUT2D eigenvalue weighted by Crippen LogP contribution is -2.00. The molecule has 19 heavy (non-hydrogen) atoms. The van der Waals surface area contributed by atoms with Crippen LogP contribution < -0.4 is 5.73 Å². The standard InChI is InChI=1S/C15H16N4/c1-9(2)14-11(16)7-10(8-17-14)15-18-12-5-3-4-6-13(12)19-15/h3-9H,16H2,1-2H3,(H,18,19). The number of nitrogens with one attached hydrogen (secondary N) is 1. The fourth-order valence-electron chi connectivity index (χ4n) is 2.19. The Kier molecular flexibility index (Phi) is 2.71. The maximum absolute atomic E-state index is 6.05. The van der Waals surface area contributed by atoms with E-state index in [4.69, 9.17) is 5.73 Å². The summed E-state index contributed by atoms with van der Waals surface area (Å²) in [6.07, 6.45) is 1.82. The number of para-hydroxylation sites is 2. The number of aromatic amines is 1. The molecule has 4 nitrogen and oxygen atoms in total. The second-order valence-electron chi connectivity index (χ2n) is 4.96. The average Bonchev–Trinajstić information content (AvgIpc) is 2.81. The van der Waals surface area contributed by atoms with Crippen LogP contribution in [0.25, 0.3) is 22.4 Å². The molecule has 0 atom stereocenters. The van der Waals surface area contributed by atoms with E-state index in [1.165, 1.54) is 0 Å². The summed E-state index contributed by atoms with van der Waals surface area (Å²) in [6, 6.07) is 9.87. The van der Waals surface area contributed by atoms with Crippen molar-refractivity contribution in [3.8, 4) is 11.4 Å². The third kappa shape index (κ3) is 2.05. The molecular weight excluding hydrogens is 236 g/mol. The Morgan fingerprint density at radius 2 is 2.00 bits per heavy atom. The summed E-state index contributed by atoms with van der Waals surface area (Å²) in [5, 5.41) is 0. The van der Waals surface area contributed by atoms with E-state index in [2.05, 4.69) is 28.8 Å². The van der Waals surface area contributed by atoms with Crippen LogP contribution in [0.2, 0.25) is 0 Å². The van der Waals surface area contributed by atoms with Crippen molar-refractivity contribution < 1.29 is 0 Å². The number of aromatic nitrogens is 3. The Morgan fingerprint density at radius 1 is 1.21 bits per heavy atom. The molecule has 0 radical (unpaired) electrons. The molecule has 3 aromatic rings. The second-order valence-corrected chi connectivity index (χ2v) is 4.96. The van der Waals surface area contributed by atoms with Gasteiger partial charge in [-0.2, -0.15) is 0 Å². The molecule has 3 N–H and O–H groups in total. The summed E-state index contributed by atoms with van der Waals surface area (Å²) in [5.41, 5.74) is 10.6. The number of pyridine rings is 1. The van der Waals surface area contributed by atoms with Crippen molar-refractivity contribution in [2.24, 2.45) is 0 Å². The van der Waals surface area contributed by atoms with Crippen LogP contribution in [0.15, 0.2) is 36.5 Å². The molecule has 0 amide bonds. The first-order valence-electron chi connectivity index (χ1n) is 6.35. The van der Waals surface area contributed by atoms with Gasteiger partial charge in [-0.15, -0.1) is 0 Å². The highest BCUT2D eigenvalue weighted by molar-refractivity contribution is 5.79. The molecule has 0 aliphatic rings. The van der Waals surface area contributed by atoms with E-state index in [0.29, 0.717) is 11.6 Å². The van der Waals surface area contributed by atoms with Gasteiger partial charge in [-0.3, -0.25) is 4.98 Å². The monoisotopic (exact) mass is 252 g/mol. The molecule has 0 saturated heterocycles. The van der Waals surface area contributed by atoms with E-state index < -0.39 is 0 Å². The maximum Gasteiger partial charge on any atom is 0.140 e. The molecule has 2 aromatic heterocycles. The van der Waals surface area contributed by atoms with Crippen molar-refractivity contribution in [1.29, 1.82) is 0 Å². The molecule has 1 aromatic carbocycles. The topological polar surface area (TPSA) is 67.6 Å². The quantitative estimate of drug-likeness (QED) is 0.735. The van der Waals surface area contributed by atoms with Gasteiger partial charge < -0.3 is 10.7 Å². The fraction of sp³-hybridized carbons (Fsp3) is 0.200. The van der Waals surface area contributed by atoms with E-state index in [1.807, 2.05) is 36.5 Å². The van der Waals surface area contributed by atoms with Crippen molar-refractivity contribution in [3.05, 3.63) is 42.2 Å². The Balaban J connectivity index is 2.09. The van der Waals surface area contributed by atoms with Crippen molar-refractivity contribution in [2.45, 2.75) is 19.8 Å². The van der Waals surface area contributed by atoms with Crippen LogP contribution in [-0.2, 0) is 0 Å². The van der Waals surface area contributed by atoms with Crippen molar-refractivity contribution in [1.82, 2.24) is 15.0 Å². The summed E-state index contributed by atoms with van der Waals surface area (Å²) in [4.78, 5) is 12.3. The van der Waals surface area contributed by atoms with Gasteiger partial charge in [-0.05, 0) is 24.1 Å². The number of anilines is 1. The summed E-state index contributed by atoms with van der Waals surface area (Å²) in [5.74, 6) is 1.13. The van der Waals surface area contributed by atoms with Crippen LogP contribution in [0.5, 0.6) is 0 Å². The maximum atomic E-state index is 6.05. The molecular formula is C15H16N4. The third-order valence-corrected chi connectivity index (χ3v) is 3.16. The number of rotatable bonds is 2. The second kappa shape index (κ2) is 4.39. The van der Waals surface area contributed by atoms with E-state index in [9.17, 15) is 0 Å². The predicted octanol–water partition coefficient (Wildman–Crippen LogP) is 3.33. The van der Waals surface area contributed by atoms with Crippen molar-refractivity contribution in [2.75, 3.05) is 5.73 Å². The lowest BCUT2D eigenvalue weighted by Gasteiger charge is -2.08. The van der Waals surface area contributed by atoms with Crippen LogP contribution in [0.1, 0.15) is 25.5 Å². The molecule has 0 fully saturated rings. The van der Waals surface area contributed by atoms with Crippen LogP contribution in [0.3, 0.4) is 0 Å². The molecule has 2 heterocycles. The summed E-state index contributed by atoms with van der Waals surface area (Å²) < 4.78 is 0. The first kappa shape index (κ1) is 11.7. The van der Waals surface area contributed by atoms with E-state index in [1.54, 1.807) is 0 Å². The van der Waals surface area contributed by atoms with E-state index in [-0.39, 0.29) is 0 Å². The van der Waals surface area contributed by atoms with Gasteiger partial charge in [0.25, 0.3) is 0 Å². The van der Waals surface area contributed by atoms with Gasteiger partial charge in [0.05, 0.1) is 22.4 Å². The molecule has 0 bridgehead atoms. The molecule has 3 rings (SSSR count). The van der Waals surface area contributed by atoms with Gasteiger partial charge in [-0.25, -0.2) is 4.98 Å². The number of imidazole rings is 1. The minimum absolute atomic E-state index is 0.324. The fourth-order valence-corrected chi connectivity index (χ4v) is 2.19. The van der Waals surface area contributed by atoms with Gasteiger partial charge in [-0.1, -0.05) is 26.0 Å². The number of nitrogens with two attached hydrogens (primary N) is 1. The summed E-state index contributed by atoms with van der Waals surface area (Å²) in [7, 11) is 0. The molecule has 4 heteroatoms. The number of hydrogen-bond acceptors (Lipinski definition) is 3. The summed E-state index contributed by atoms with van der Waals surface area (Å²) in [6.45, 7) is 4.17. The first-order chi connectivity index (χ1) is 9.15.